The summed E-state index contributed by atoms with van der Waals surface area (Å²) in [4.78, 5) is 23.3. The predicted octanol–water partition coefficient (Wildman–Crippen LogP) is -2.77. The van der Waals surface area contributed by atoms with Crippen LogP contribution in [0.3, 0.4) is 0 Å². The molecule has 6 N–H and O–H groups in total. The third-order valence-electron chi connectivity index (χ3n) is 4.60. The van der Waals surface area contributed by atoms with E-state index in [1.54, 1.807) is 0 Å². The van der Waals surface area contributed by atoms with E-state index in [1.165, 1.54) is 6.08 Å². The average Bonchev–Trinajstić information content (AvgIpc) is 2.69. The van der Waals surface area contributed by atoms with E-state index in [0.717, 1.165) is 13.4 Å². The molecule has 0 aromatic heterocycles. The molecule has 7 atom stereocenters. The van der Waals surface area contributed by atoms with Crippen LogP contribution in [0.1, 0.15) is 6.42 Å². The highest BCUT2D eigenvalue weighted by atomic mass is 16.8. The Morgan fingerprint density at radius 3 is 2.41 bits per heavy atom. The van der Waals surface area contributed by atoms with Gasteiger partial charge in [0, 0.05) is 11.5 Å². The zero-order chi connectivity index (χ0) is 21.7. The summed E-state index contributed by atoms with van der Waals surface area (Å²) < 4.78 is 20.7. The maximum atomic E-state index is 12.0. The monoisotopic (exact) mass is 420 g/mol. The quantitative estimate of drug-likeness (QED) is 0.184. The van der Waals surface area contributed by atoms with Gasteiger partial charge in [-0.3, -0.25) is 4.79 Å². The zero-order valence-corrected chi connectivity index (χ0v) is 15.5. The summed E-state index contributed by atoms with van der Waals surface area (Å²) in [5, 5.41) is 57.6. The molecule has 0 amide bonds. The topological polar surface area (TPSA) is 192 Å². The molecule has 0 unspecified atom stereocenters. The van der Waals surface area contributed by atoms with E-state index in [0.29, 0.717) is 0 Å². The molecule has 29 heavy (non-hydrogen) atoms. The first-order valence-electron chi connectivity index (χ1n) is 8.67. The summed E-state index contributed by atoms with van der Waals surface area (Å²) in [5.41, 5.74) is -0.0713. The van der Waals surface area contributed by atoms with Crippen LogP contribution in [0.15, 0.2) is 23.5 Å². The molecule has 2 heterocycles. The van der Waals surface area contributed by atoms with Gasteiger partial charge in [-0.2, -0.15) is 0 Å². The van der Waals surface area contributed by atoms with Crippen LogP contribution in [-0.2, 0) is 28.5 Å². The molecule has 0 spiro atoms. The van der Waals surface area contributed by atoms with Crippen molar-refractivity contribution < 1.29 is 59.2 Å². The summed E-state index contributed by atoms with van der Waals surface area (Å²) >= 11 is 0. The number of aliphatic carboxylic acids is 1. The molecule has 1 fully saturated rings. The van der Waals surface area contributed by atoms with Crippen molar-refractivity contribution in [1.82, 2.24) is 0 Å². The first-order valence-corrected chi connectivity index (χ1v) is 8.67. The van der Waals surface area contributed by atoms with Gasteiger partial charge in [-0.1, -0.05) is 6.08 Å². The van der Waals surface area contributed by atoms with Crippen molar-refractivity contribution in [1.29, 1.82) is 0 Å². The highest BCUT2D eigenvalue weighted by Gasteiger charge is 2.46. The van der Waals surface area contributed by atoms with Gasteiger partial charge < -0.3 is 49.6 Å². The summed E-state index contributed by atoms with van der Waals surface area (Å²) in [6.45, 7) is -1.22. The van der Waals surface area contributed by atoms with E-state index >= 15 is 0 Å². The van der Waals surface area contributed by atoms with Crippen molar-refractivity contribution in [3.63, 3.8) is 0 Å². The lowest BCUT2D eigenvalue weighted by atomic mass is 9.86. The van der Waals surface area contributed by atoms with Crippen LogP contribution in [-0.4, -0.2) is 99.9 Å². The molecule has 2 aliphatic heterocycles. The normalized spacial score (nSPS) is 36.3. The fourth-order valence-electron chi connectivity index (χ4n) is 3.11. The van der Waals surface area contributed by atoms with E-state index in [-0.39, 0.29) is 11.1 Å². The van der Waals surface area contributed by atoms with E-state index in [4.69, 9.17) is 14.2 Å². The third kappa shape index (κ3) is 5.11. The molecule has 2 aliphatic rings. The Bertz CT molecular complexity index is 657. The number of aliphatic hydroxyl groups is 5. The molecule has 0 aliphatic carbocycles. The lowest BCUT2D eigenvalue weighted by Gasteiger charge is -2.41. The van der Waals surface area contributed by atoms with Crippen LogP contribution in [0.25, 0.3) is 0 Å². The van der Waals surface area contributed by atoms with Crippen molar-refractivity contribution in [2.45, 2.75) is 43.4 Å². The smallest absolute Gasteiger partial charge is 0.337 e. The number of carboxylic acid groups (broad SMARTS) is 1. The number of hydrogen-bond acceptors (Lipinski definition) is 11. The van der Waals surface area contributed by atoms with E-state index in [1.807, 2.05) is 0 Å². The van der Waals surface area contributed by atoms with Crippen LogP contribution >= 0.6 is 0 Å². The molecule has 0 bridgehead atoms. The van der Waals surface area contributed by atoms with Gasteiger partial charge in [-0.15, -0.1) is 0 Å². The number of methoxy groups -OCH3 is 1. The fourth-order valence-corrected chi connectivity index (χ4v) is 3.11. The Balaban J connectivity index is 2.31. The van der Waals surface area contributed by atoms with Crippen molar-refractivity contribution >= 4 is 11.9 Å². The SMILES string of the molecule is COC(=O)C1=CO[C@@H](O[C@@H]2O[C@H](CO)[C@@H](O)[C@H](O)[C@H]2O)C(=CCO)[C@@H]1CC(=O)O. The molecule has 12 nitrogen and oxygen atoms in total. The number of carbonyl (C=O) groups excluding carboxylic acids is 1. The average molecular weight is 420 g/mol. The molecule has 2 rings (SSSR count). The summed E-state index contributed by atoms with van der Waals surface area (Å²) in [6.07, 6.45) is -7.65. The standard InChI is InChI=1S/C17H24O12/c1-26-15(25)9-6-27-16(7(2-3-18)8(9)4-11(20)21)29-17-14(24)13(23)12(22)10(5-19)28-17/h2,6,8,10,12-14,16-19,22-24H,3-5H2,1H3,(H,20,21)/t8-,10+,12+,13-,14+,16-,17-/m0/s1. The highest BCUT2D eigenvalue weighted by Crippen LogP contribution is 2.35. The maximum Gasteiger partial charge on any atom is 0.337 e. The van der Waals surface area contributed by atoms with Crippen molar-refractivity contribution in [3.05, 3.63) is 23.5 Å². The molecular formula is C17H24O12. The third-order valence-corrected chi connectivity index (χ3v) is 4.60. The minimum absolute atomic E-state index is 0.0507. The number of aliphatic hydroxyl groups excluding tert-OH is 5. The van der Waals surface area contributed by atoms with Gasteiger partial charge in [-0.05, 0) is 0 Å². The first kappa shape index (κ1) is 23.2. The van der Waals surface area contributed by atoms with Gasteiger partial charge in [0.25, 0.3) is 0 Å². The van der Waals surface area contributed by atoms with Gasteiger partial charge >= 0.3 is 11.9 Å². The van der Waals surface area contributed by atoms with Crippen molar-refractivity contribution in [2.75, 3.05) is 20.3 Å². The molecule has 1 saturated heterocycles. The number of hydrogen-bond donors (Lipinski definition) is 6. The van der Waals surface area contributed by atoms with Crippen LogP contribution in [0.5, 0.6) is 0 Å². The molecule has 0 saturated carbocycles. The molecular weight excluding hydrogens is 396 g/mol. The summed E-state index contributed by atoms with van der Waals surface area (Å²) in [5.74, 6) is -3.16. The minimum atomic E-state index is -1.73. The second kappa shape index (κ2) is 10.1. The Morgan fingerprint density at radius 2 is 1.86 bits per heavy atom. The van der Waals surface area contributed by atoms with Gasteiger partial charge in [-0.25, -0.2) is 4.79 Å². The van der Waals surface area contributed by atoms with E-state index in [9.17, 15) is 40.2 Å². The number of carbonyl (C=O) groups is 2. The van der Waals surface area contributed by atoms with E-state index in [2.05, 4.69) is 4.74 Å². The van der Waals surface area contributed by atoms with Crippen molar-refractivity contribution in [3.8, 4) is 0 Å². The summed E-state index contributed by atoms with van der Waals surface area (Å²) in [6, 6.07) is 0. The van der Waals surface area contributed by atoms with Crippen molar-refractivity contribution in [2.24, 2.45) is 5.92 Å². The number of rotatable bonds is 7. The molecule has 164 valence electrons. The molecule has 0 aromatic rings. The predicted molar refractivity (Wildman–Crippen MR) is 90.7 cm³/mol. The number of esters is 1. The molecule has 12 heteroatoms. The van der Waals surface area contributed by atoms with Crippen LogP contribution in [0.4, 0.5) is 0 Å². The minimum Gasteiger partial charge on any atom is -0.481 e. The van der Waals surface area contributed by atoms with Crippen LogP contribution in [0, 0.1) is 5.92 Å². The maximum absolute atomic E-state index is 12.0. The lowest BCUT2D eigenvalue weighted by Crippen LogP contribution is -2.60. The van der Waals surface area contributed by atoms with Crippen LogP contribution in [0.2, 0.25) is 0 Å². The Hall–Kier alpha value is -2.06. The molecule has 0 radical (unpaired) electrons. The largest absolute Gasteiger partial charge is 0.481 e. The lowest BCUT2D eigenvalue weighted by molar-refractivity contribution is -0.327. The zero-order valence-electron chi connectivity index (χ0n) is 15.5. The highest BCUT2D eigenvalue weighted by molar-refractivity contribution is 5.90. The Kier molecular flexibility index (Phi) is 8.10. The summed E-state index contributed by atoms with van der Waals surface area (Å²) in [7, 11) is 1.10. The van der Waals surface area contributed by atoms with Gasteiger partial charge in [0.15, 0.2) is 6.29 Å². The van der Waals surface area contributed by atoms with Gasteiger partial charge in [0.2, 0.25) is 6.29 Å². The number of ether oxygens (including phenoxy) is 4. The Morgan fingerprint density at radius 1 is 1.17 bits per heavy atom. The molecule has 0 aromatic carbocycles. The first-order chi connectivity index (χ1) is 13.7. The Labute approximate surface area is 165 Å². The fraction of sp³-hybridized carbons (Fsp3) is 0.647. The second-order valence-electron chi connectivity index (χ2n) is 6.40. The van der Waals surface area contributed by atoms with E-state index < -0.39 is 74.5 Å². The second-order valence-corrected chi connectivity index (χ2v) is 6.40. The number of carboxylic acids is 1. The van der Waals surface area contributed by atoms with Gasteiger partial charge in [0.1, 0.15) is 24.4 Å². The van der Waals surface area contributed by atoms with Gasteiger partial charge in [0.05, 0.1) is 38.6 Å². The van der Waals surface area contributed by atoms with Crippen LogP contribution < -0.4 is 0 Å².